The van der Waals surface area contributed by atoms with Crippen LogP contribution in [-0.4, -0.2) is 29.3 Å². The van der Waals surface area contributed by atoms with Gasteiger partial charge < -0.3 is 23.8 Å². The molecule has 1 aliphatic heterocycles. The second-order valence-corrected chi connectivity index (χ2v) is 10.3. The van der Waals surface area contributed by atoms with Gasteiger partial charge in [-0.3, -0.25) is 0 Å². The van der Waals surface area contributed by atoms with Crippen molar-refractivity contribution in [3.8, 4) is 5.75 Å². The average Bonchev–Trinajstić information content (AvgIpc) is 3.50. The highest BCUT2D eigenvalue weighted by Gasteiger charge is 2.58. The van der Waals surface area contributed by atoms with E-state index in [1.165, 1.54) is 25.7 Å². The smallest absolute Gasteiger partial charge is 0.174 e. The highest BCUT2D eigenvalue weighted by molar-refractivity contribution is 5.40. The first-order valence-electron chi connectivity index (χ1n) is 14.6. The Bertz CT molecular complexity index is 940. The summed E-state index contributed by atoms with van der Waals surface area (Å²) >= 11 is 0. The van der Waals surface area contributed by atoms with E-state index in [0.29, 0.717) is 30.1 Å². The predicted octanol–water partition coefficient (Wildman–Crippen LogP) is 7.48. The Hall–Kier alpha value is -1.89. The molecule has 0 radical (unpaired) electrons. The number of rotatable bonds is 5. The van der Waals surface area contributed by atoms with Crippen LogP contribution in [-0.2, 0) is 22.7 Å². The summed E-state index contributed by atoms with van der Waals surface area (Å²) in [6.45, 7) is 16.3. The zero-order valence-corrected chi connectivity index (χ0v) is 24.1. The lowest BCUT2D eigenvalue weighted by Crippen LogP contribution is -2.44. The fourth-order valence-corrected chi connectivity index (χ4v) is 6.23. The minimum atomic E-state index is -0.127. The third-order valence-electron chi connectivity index (χ3n) is 8.00. The van der Waals surface area contributed by atoms with Crippen LogP contribution >= 0.6 is 0 Å². The second kappa shape index (κ2) is 13.8. The molecule has 1 saturated heterocycles. The Labute approximate surface area is 224 Å². The number of hydrogen-bond donors (Lipinski definition) is 1. The number of aliphatic hydroxyl groups is 1. The lowest BCUT2D eigenvalue weighted by atomic mass is 9.81. The summed E-state index contributed by atoms with van der Waals surface area (Å²) in [6, 6.07) is 6.05. The van der Waals surface area contributed by atoms with Gasteiger partial charge >= 0.3 is 0 Å². The number of aromatic nitrogens is 1. The molecule has 3 unspecified atom stereocenters. The summed E-state index contributed by atoms with van der Waals surface area (Å²) in [5.41, 5.74) is 3.71. The molecule has 3 aliphatic carbocycles. The van der Waals surface area contributed by atoms with Crippen LogP contribution in [0.5, 0.6) is 5.75 Å². The summed E-state index contributed by atoms with van der Waals surface area (Å²) in [5, 5.41) is 13.6. The van der Waals surface area contributed by atoms with E-state index in [1.807, 2.05) is 59.7 Å². The van der Waals surface area contributed by atoms with Gasteiger partial charge in [0.05, 0.1) is 19.8 Å². The third kappa shape index (κ3) is 6.40. The fourth-order valence-electron chi connectivity index (χ4n) is 6.23. The standard InChI is InChI=1S/C16H19NO3.C11H18O2.2C2H6/c1-10-4-3-5-11(2)15(10)19-9-14-13(8-18)16(20-17-14)12-6-7-12;1-8-7-9-3-2-4-10(8)11(9)12-5-6-13-11;2*1-2/h3-5,12,18H,6-9H2,1-2H3;8-10H,2-7H2,1H3;2*1-2H3. The summed E-state index contributed by atoms with van der Waals surface area (Å²) in [5.74, 6) is 4.24. The van der Waals surface area contributed by atoms with Crippen LogP contribution < -0.4 is 4.74 Å². The molecular weight excluding hydrogens is 466 g/mol. The van der Waals surface area contributed by atoms with Crippen molar-refractivity contribution in [2.24, 2.45) is 17.8 Å². The van der Waals surface area contributed by atoms with Crippen molar-refractivity contribution < 1.29 is 23.8 Å². The van der Waals surface area contributed by atoms with Crippen molar-refractivity contribution in [1.82, 2.24) is 5.16 Å². The van der Waals surface area contributed by atoms with Crippen molar-refractivity contribution in [1.29, 1.82) is 0 Å². The molecule has 6 rings (SSSR count). The Morgan fingerprint density at radius 1 is 1.00 bits per heavy atom. The number of hydrogen-bond acceptors (Lipinski definition) is 6. The summed E-state index contributed by atoms with van der Waals surface area (Å²) in [6.07, 6.45) is 7.59. The molecule has 3 atom stereocenters. The molecule has 2 heterocycles. The summed E-state index contributed by atoms with van der Waals surface area (Å²) in [7, 11) is 0. The molecule has 2 bridgehead atoms. The maximum absolute atomic E-state index is 9.52. The van der Waals surface area contributed by atoms with Gasteiger partial charge in [0.15, 0.2) is 5.79 Å². The van der Waals surface area contributed by atoms with Crippen molar-refractivity contribution in [2.45, 2.75) is 112 Å². The zero-order chi connectivity index (χ0) is 27.0. The lowest BCUT2D eigenvalue weighted by Gasteiger charge is -2.39. The Kier molecular flexibility index (Phi) is 11.0. The summed E-state index contributed by atoms with van der Waals surface area (Å²) < 4.78 is 23.1. The number of benzene rings is 1. The van der Waals surface area contributed by atoms with E-state index in [2.05, 4.69) is 12.1 Å². The number of aryl methyl sites for hydroxylation is 2. The highest BCUT2D eigenvalue weighted by atomic mass is 16.7. The molecule has 1 aromatic carbocycles. The summed E-state index contributed by atoms with van der Waals surface area (Å²) in [4.78, 5) is 0. The van der Waals surface area contributed by atoms with Crippen molar-refractivity contribution in [3.63, 3.8) is 0 Å². The molecule has 6 heteroatoms. The predicted molar refractivity (Wildman–Crippen MR) is 147 cm³/mol. The Morgan fingerprint density at radius 3 is 2.22 bits per heavy atom. The average molecular weight is 516 g/mol. The van der Waals surface area contributed by atoms with Crippen LogP contribution in [0, 0.1) is 31.6 Å². The number of ether oxygens (including phenoxy) is 3. The molecule has 2 aromatic rings. The first kappa shape index (κ1) is 29.7. The SMILES string of the molecule is CC.CC.CC1CC2CCCC1C21OCCO1.Cc1cccc(C)c1OCc1noc(C2CC2)c1CO. The molecule has 4 fully saturated rings. The van der Waals surface area contributed by atoms with E-state index in [9.17, 15) is 5.11 Å². The van der Waals surface area contributed by atoms with Crippen LogP contribution in [0.25, 0.3) is 0 Å². The van der Waals surface area contributed by atoms with E-state index in [-0.39, 0.29) is 12.4 Å². The van der Waals surface area contributed by atoms with Crippen LogP contribution in [0.2, 0.25) is 0 Å². The Morgan fingerprint density at radius 2 is 1.65 bits per heavy atom. The third-order valence-corrected chi connectivity index (χ3v) is 8.00. The molecule has 1 aromatic heterocycles. The van der Waals surface area contributed by atoms with E-state index in [4.69, 9.17) is 18.7 Å². The monoisotopic (exact) mass is 515 g/mol. The first-order valence-corrected chi connectivity index (χ1v) is 14.6. The quantitative estimate of drug-likeness (QED) is 0.445. The van der Waals surface area contributed by atoms with Gasteiger partial charge in [0.1, 0.15) is 23.8 Å². The molecule has 1 N–H and O–H groups in total. The number of para-hydroxylation sites is 1. The van der Waals surface area contributed by atoms with Gasteiger partial charge in [0.2, 0.25) is 0 Å². The molecule has 6 nitrogen and oxygen atoms in total. The fraction of sp³-hybridized carbons (Fsp3) is 0.710. The van der Waals surface area contributed by atoms with E-state index >= 15 is 0 Å². The van der Waals surface area contributed by atoms with E-state index in [1.54, 1.807) is 0 Å². The van der Waals surface area contributed by atoms with Gasteiger partial charge in [-0.05, 0) is 63.0 Å². The lowest BCUT2D eigenvalue weighted by molar-refractivity contribution is -0.225. The van der Waals surface area contributed by atoms with Gasteiger partial charge in [0, 0.05) is 23.3 Å². The van der Waals surface area contributed by atoms with Crippen LogP contribution in [0.3, 0.4) is 0 Å². The minimum absolute atomic E-state index is 0.0409. The molecule has 1 spiro atoms. The number of nitrogens with zero attached hydrogens (tertiary/aromatic N) is 1. The van der Waals surface area contributed by atoms with Crippen LogP contribution in [0.15, 0.2) is 22.7 Å². The van der Waals surface area contributed by atoms with Crippen molar-refractivity contribution >= 4 is 0 Å². The van der Waals surface area contributed by atoms with Crippen molar-refractivity contribution in [2.75, 3.05) is 13.2 Å². The zero-order valence-electron chi connectivity index (χ0n) is 24.1. The van der Waals surface area contributed by atoms with E-state index in [0.717, 1.165) is 60.2 Å². The topological polar surface area (TPSA) is 74.0 Å². The molecule has 0 amide bonds. The second-order valence-electron chi connectivity index (χ2n) is 10.3. The minimum Gasteiger partial charge on any atom is -0.487 e. The van der Waals surface area contributed by atoms with Crippen molar-refractivity contribution in [3.05, 3.63) is 46.3 Å². The Balaban J connectivity index is 0.000000193. The van der Waals surface area contributed by atoms with Gasteiger partial charge in [-0.25, -0.2) is 0 Å². The van der Waals surface area contributed by atoms with Gasteiger partial charge in [-0.1, -0.05) is 64.4 Å². The van der Waals surface area contributed by atoms with Gasteiger partial charge in [0.25, 0.3) is 0 Å². The molecule has 3 saturated carbocycles. The molecular formula is C31H49NO5. The molecule has 37 heavy (non-hydrogen) atoms. The normalized spacial score (nSPS) is 24.8. The van der Waals surface area contributed by atoms with Gasteiger partial charge in [-0.2, -0.15) is 0 Å². The largest absolute Gasteiger partial charge is 0.487 e. The molecule has 208 valence electrons. The van der Waals surface area contributed by atoms with Crippen LogP contribution in [0.4, 0.5) is 0 Å². The highest BCUT2D eigenvalue weighted by Crippen LogP contribution is 2.56. The van der Waals surface area contributed by atoms with Crippen LogP contribution in [0.1, 0.15) is 107 Å². The first-order chi connectivity index (χ1) is 18.0. The number of aliphatic hydroxyl groups excluding tert-OH is 1. The molecule has 4 aliphatic rings. The maximum atomic E-state index is 9.52. The maximum Gasteiger partial charge on any atom is 0.174 e. The van der Waals surface area contributed by atoms with Gasteiger partial charge in [-0.15, -0.1) is 0 Å². The van der Waals surface area contributed by atoms with E-state index < -0.39 is 0 Å².